The van der Waals surface area contributed by atoms with E-state index >= 15 is 0 Å². The van der Waals surface area contributed by atoms with Crippen molar-refractivity contribution in [2.45, 2.75) is 52.4 Å². The van der Waals surface area contributed by atoms with E-state index in [9.17, 15) is 4.79 Å². The molecule has 0 saturated carbocycles. The summed E-state index contributed by atoms with van der Waals surface area (Å²) in [6, 6.07) is 16.4. The Morgan fingerprint density at radius 3 is 2.00 bits per heavy atom. The van der Waals surface area contributed by atoms with Gasteiger partial charge in [0.15, 0.2) is 0 Å². The minimum absolute atomic E-state index is 0.245. The fraction of sp³-hybridized carbons (Fsp3) is 0.409. The number of rotatable bonds is 9. The fourth-order valence-electron chi connectivity index (χ4n) is 2.70. The average Bonchev–Trinajstić information content (AvgIpc) is 2.64. The maximum Gasteiger partial charge on any atom is 0.338 e. The number of esters is 1. The highest BCUT2D eigenvalue weighted by Gasteiger charge is 2.07. The summed E-state index contributed by atoms with van der Waals surface area (Å²) in [6.07, 6.45) is 7.18. The van der Waals surface area contributed by atoms with E-state index in [-0.39, 0.29) is 5.97 Å². The molecule has 0 fully saturated rings. The van der Waals surface area contributed by atoms with Gasteiger partial charge in [0, 0.05) is 0 Å². The van der Waals surface area contributed by atoms with E-state index in [2.05, 4.69) is 31.2 Å². The lowest BCUT2D eigenvalue weighted by Crippen LogP contribution is -2.05. The summed E-state index contributed by atoms with van der Waals surface area (Å²) in [6.45, 7) is 4.70. The lowest BCUT2D eigenvalue weighted by Gasteiger charge is -2.07. The first kappa shape index (κ1) is 18.3. The molecule has 2 nitrogen and oxygen atoms in total. The Balaban J connectivity index is 1.95. The number of ether oxygens (including phenoxy) is 1. The molecule has 0 bridgehead atoms. The van der Waals surface area contributed by atoms with Crippen LogP contribution >= 0.6 is 0 Å². The van der Waals surface area contributed by atoms with E-state index in [0.717, 1.165) is 18.4 Å². The van der Waals surface area contributed by atoms with Crippen molar-refractivity contribution in [3.05, 3.63) is 59.7 Å². The zero-order chi connectivity index (χ0) is 17.2. The summed E-state index contributed by atoms with van der Waals surface area (Å²) < 4.78 is 5.15. The van der Waals surface area contributed by atoms with Gasteiger partial charge in [0.05, 0.1) is 12.2 Å². The van der Waals surface area contributed by atoms with Gasteiger partial charge in [-0.05, 0) is 48.1 Å². The van der Waals surface area contributed by atoms with Gasteiger partial charge < -0.3 is 4.74 Å². The first-order valence-electron chi connectivity index (χ1n) is 9.11. The molecule has 2 rings (SSSR count). The van der Waals surface area contributed by atoms with Crippen LogP contribution < -0.4 is 0 Å². The van der Waals surface area contributed by atoms with Crippen molar-refractivity contribution in [3.63, 3.8) is 0 Å². The lowest BCUT2D eigenvalue weighted by molar-refractivity contribution is 0.0505. The smallest absolute Gasteiger partial charge is 0.338 e. The Morgan fingerprint density at radius 1 is 0.792 bits per heavy atom. The first-order chi connectivity index (χ1) is 11.7. The highest BCUT2D eigenvalue weighted by atomic mass is 16.5. The molecule has 0 aliphatic carbocycles. The Bertz CT molecular complexity index is 611. The second-order valence-electron chi connectivity index (χ2n) is 6.22. The van der Waals surface area contributed by atoms with Crippen LogP contribution in [0.5, 0.6) is 0 Å². The van der Waals surface area contributed by atoms with Gasteiger partial charge >= 0.3 is 5.97 Å². The van der Waals surface area contributed by atoms with Gasteiger partial charge in [0.2, 0.25) is 0 Å². The summed E-state index contributed by atoms with van der Waals surface area (Å²) in [4.78, 5) is 11.8. The minimum Gasteiger partial charge on any atom is -0.462 e. The third-order valence-corrected chi connectivity index (χ3v) is 4.16. The highest BCUT2D eigenvalue weighted by Crippen LogP contribution is 2.21. The molecule has 0 radical (unpaired) electrons. The SMILES string of the molecule is CCCCCCc1ccc(-c2ccc(C(=O)OCCC)cc2)cc1. The van der Waals surface area contributed by atoms with Crippen molar-refractivity contribution >= 4 is 5.97 Å². The average molecular weight is 324 g/mol. The highest BCUT2D eigenvalue weighted by molar-refractivity contribution is 5.90. The summed E-state index contributed by atoms with van der Waals surface area (Å²) >= 11 is 0. The second kappa shape index (κ2) is 9.92. The predicted octanol–water partition coefficient (Wildman–Crippen LogP) is 6.04. The van der Waals surface area contributed by atoms with Gasteiger partial charge in [0.1, 0.15) is 0 Å². The molecule has 24 heavy (non-hydrogen) atoms. The number of hydrogen-bond donors (Lipinski definition) is 0. The Kier molecular flexibility index (Phi) is 7.54. The van der Waals surface area contributed by atoms with Crippen molar-refractivity contribution < 1.29 is 9.53 Å². The number of carbonyl (C=O) groups excluding carboxylic acids is 1. The maximum atomic E-state index is 11.8. The molecule has 0 atom stereocenters. The van der Waals surface area contributed by atoms with Crippen LogP contribution in [0.4, 0.5) is 0 Å². The molecule has 0 amide bonds. The zero-order valence-electron chi connectivity index (χ0n) is 14.9. The molecule has 0 unspecified atom stereocenters. The van der Waals surface area contributed by atoms with Crippen molar-refractivity contribution in [2.24, 2.45) is 0 Å². The second-order valence-corrected chi connectivity index (χ2v) is 6.22. The summed E-state index contributed by atoms with van der Waals surface area (Å²) in [7, 11) is 0. The van der Waals surface area contributed by atoms with Crippen LogP contribution in [-0.2, 0) is 11.2 Å². The minimum atomic E-state index is -0.245. The molecule has 0 aliphatic rings. The zero-order valence-corrected chi connectivity index (χ0v) is 14.9. The Hall–Kier alpha value is -2.09. The summed E-state index contributed by atoms with van der Waals surface area (Å²) in [5, 5.41) is 0. The van der Waals surface area contributed by atoms with Crippen LogP contribution in [0.2, 0.25) is 0 Å². The molecule has 2 heteroatoms. The monoisotopic (exact) mass is 324 g/mol. The van der Waals surface area contributed by atoms with Crippen LogP contribution in [0.1, 0.15) is 61.9 Å². The molecular formula is C22H28O2. The van der Waals surface area contributed by atoms with Crippen molar-refractivity contribution in [1.82, 2.24) is 0 Å². The van der Waals surface area contributed by atoms with Gasteiger partial charge in [-0.2, -0.15) is 0 Å². The van der Waals surface area contributed by atoms with Gasteiger partial charge in [0.25, 0.3) is 0 Å². The van der Waals surface area contributed by atoms with E-state index in [0.29, 0.717) is 12.2 Å². The number of carbonyl (C=O) groups is 1. The van der Waals surface area contributed by atoms with E-state index in [1.54, 1.807) is 0 Å². The van der Waals surface area contributed by atoms with Crippen molar-refractivity contribution in [3.8, 4) is 11.1 Å². The van der Waals surface area contributed by atoms with Crippen LogP contribution in [-0.4, -0.2) is 12.6 Å². The standard InChI is InChI=1S/C22H28O2/c1-3-5-6-7-8-18-9-11-19(12-10-18)20-13-15-21(16-14-20)22(23)24-17-4-2/h9-16H,3-8,17H2,1-2H3. The molecule has 0 saturated heterocycles. The molecule has 2 aromatic carbocycles. The molecule has 128 valence electrons. The molecule has 2 aromatic rings. The van der Waals surface area contributed by atoms with E-state index < -0.39 is 0 Å². The number of aryl methyl sites for hydroxylation is 1. The van der Waals surface area contributed by atoms with Crippen LogP contribution in [0.15, 0.2) is 48.5 Å². The molecule has 0 heterocycles. The molecule has 0 aliphatic heterocycles. The lowest BCUT2D eigenvalue weighted by atomic mass is 10.0. The quantitative estimate of drug-likeness (QED) is 0.415. The van der Waals surface area contributed by atoms with Crippen LogP contribution in [0.3, 0.4) is 0 Å². The van der Waals surface area contributed by atoms with E-state index in [1.165, 1.54) is 36.8 Å². The Morgan fingerprint density at radius 2 is 1.42 bits per heavy atom. The summed E-state index contributed by atoms with van der Waals surface area (Å²) in [5.74, 6) is -0.245. The molecular weight excluding hydrogens is 296 g/mol. The maximum absolute atomic E-state index is 11.8. The van der Waals surface area contributed by atoms with Crippen LogP contribution in [0.25, 0.3) is 11.1 Å². The topological polar surface area (TPSA) is 26.3 Å². The largest absolute Gasteiger partial charge is 0.462 e. The molecule has 0 spiro atoms. The van der Waals surface area contributed by atoms with Crippen molar-refractivity contribution in [2.75, 3.05) is 6.61 Å². The van der Waals surface area contributed by atoms with E-state index in [4.69, 9.17) is 4.74 Å². The van der Waals surface area contributed by atoms with Crippen LogP contribution in [0, 0.1) is 0 Å². The van der Waals surface area contributed by atoms with Gasteiger partial charge in [-0.1, -0.05) is 69.5 Å². The fourth-order valence-corrected chi connectivity index (χ4v) is 2.70. The van der Waals surface area contributed by atoms with E-state index in [1.807, 2.05) is 31.2 Å². The molecule has 0 aromatic heterocycles. The third kappa shape index (κ3) is 5.52. The number of benzene rings is 2. The van der Waals surface area contributed by atoms with Crippen molar-refractivity contribution in [1.29, 1.82) is 0 Å². The predicted molar refractivity (Wildman–Crippen MR) is 100 cm³/mol. The normalized spacial score (nSPS) is 10.6. The molecule has 0 N–H and O–H groups in total. The third-order valence-electron chi connectivity index (χ3n) is 4.16. The van der Waals surface area contributed by atoms with Gasteiger partial charge in [-0.3, -0.25) is 0 Å². The number of unbranched alkanes of at least 4 members (excludes halogenated alkanes) is 3. The van der Waals surface area contributed by atoms with Gasteiger partial charge in [-0.25, -0.2) is 4.79 Å². The van der Waals surface area contributed by atoms with Gasteiger partial charge in [-0.15, -0.1) is 0 Å². The number of hydrogen-bond acceptors (Lipinski definition) is 2. The first-order valence-corrected chi connectivity index (χ1v) is 9.11. The summed E-state index contributed by atoms with van der Waals surface area (Å²) in [5.41, 5.74) is 4.31. The Labute approximate surface area is 145 Å².